The van der Waals surface area contributed by atoms with Crippen LogP contribution in [0.4, 0.5) is 0 Å². The third kappa shape index (κ3) is 1.37. The van der Waals surface area contributed by atoms with E-state index in [4.69, 9.17) is 9.52 Å². The van der Waals surface area contributed by atoms with Gasteiger partial charge in [0.15, 0.2) is 0 Å². The largest absolute Gasteiger partial charge is 0.478 e. The lowest BCUT2D eigenvalue weighted by Gasteiger charge is -2.14. The maximum Gasteiger partial charge on any atom is 0.339 e. The number of aromatic carboxylic acids is 1. The molecular weight excluding hydrogens is 226 g/mol. The van der Waals surface area contributed by atoms with E-state index >= 15 is 0 Å². The monoisotopic (exact) mass is 235 g/mol. The second kappa shape index (κ2) is 3.19. The van der Waals surface area contributed by atoms with Crippen LogP contribution in [-0.2, 0) is 16.1 Å². The maximum atomic E-state index is 11.7. The number of hydrogen-bond donors (Lipinski definition) is 1. The number of imide groups is 1. The Balaban J connectivity index is 1.83. The number of piperidine rings is 1. The molecule has 1 aliphatic heterocycles. The van der Waals surface area contributed by atoms with Crippen LogP contribution in [0.25, 0.3) is 0 Å². The Morgan fingerprint density at radius 3 is 2.65 bits per heavy atom. The molecule has 1 aromatic heterocycles. The van der Waals surface area contributed by atoms with Gasteiger partial charge in [0, 0.05) is 0 Å². The van der Waals surface area contributed by atoms with Crippen LogP contribution in [0.1, 0.15) is 22.5 Å². The first kappa shape index (κ1) is 10.1. The van der Waals surface area contributed by atoms with E-state index in [9.17, 15) is 14.4 Å². The van der Waals surface area contributed by atoms with Crippen LogP contribution in [0.5, 0.6) is 0 Å². The van der Waals surface area contributed by atoms with Gasteiger partial charge in [-0.2, -0.15) is 0 Å². The van der Waals surface area contributed by atoms with E-state index in [0.717, 1.165) is 4.90 Å². The third-order valence-corrected chi connectivity index (χ3v) is 3.23. The molecule has 2 aliphatic rings. The molecule has 1 aromatic rings. The molecule has 1 saturated carbocycles. The molecule has 6 nitrogen and oxygen atoms in total. The molecule has 2 atom stereocenters. The molecule has 2 unspecified atom stereocenters. The highest BCUT2D eigenvalue weighted by atomic mass is 16.4. The standard InChI is InChI=1S/C11H9NO5/c13-9-6-3-7(6)10(14)12(9)4-8-5(11(15)16)1-2-17-8/h1-2,6-7H,3-4H2,(H,15,16). The number of carboxylic acids is 1. The Hall–Kier alpha value is -2.11. The maximum absolute atomic E-state index is 11.7. The molecule has 0 radical (unpaired) electrons. The fourth-order valence-corrected chi connectivity index (χ4v) is 2.20. The molecule has 1 aliphatic carbocycles. The Labute approximate surface area is 95.8 Å². The number of amides is 2. The molecule has 3 rings (SSSR count). The highest BCUT2D eigenvalue weighted by Crippen LogP contribution is 2.47. The highest BCUT2D eigenvalue weighted by Gasteiger charge is 2.58. The average molecular weight is 235 g/mol. The zero-order valence-electron chi connectivity index (χ0n) is 8.75. The van der Waals surface area contributed by atoms with Crippen molar-refractivity contribution in [1.82, 2.24) is 4.90 Å². The van der Waals surface area contributed by atoms with E-state index in [1.165, 1.54) is 12.3 Å². The van der Waals surface area contributed by atoms with Crippen molar-refractivity contribution < 1.29 is 23.9 Å². The van der Waals surface area contributed by atoms with Crippen LogP contribution < -0.4 is 0 Å². The van der Waals surface area contributed by atoms with E-state index < -0.39 is 5.97 Å². The molecular formula is C11H9NO5. The van der Waals surface area contributed by atoms with Gasteiger partial charge in [0.05, 0.1) is 24.6 Å². The van der Waals surface area contributed by atoms with Crippen molar-refractivity contribution in [2.45, 2.75) is 13.0 Å². The van der Waals surface area contributed by atoms with Gasteiger partial charge in [-0.05, 0) is 12.5 Å². The van der Waals surface area contributed by atoms with Crippen LogP contribution >= 0.6 is 0 Å². The Morgan fingerprint density at radius 2 is 2.06 bits per heavy atom. The first-order valence-corrected chi connectivity index (χ1v) is 5.24. The minimum Gasteiger partial charge on any atom is -0.478 e. The summed E-state index contributed by atoms with van der Waals surface area (Å²) in [5.74, 6) is -1.77. The quantitative estimate of drug-likeness (QED) is 0.770. The van der Waals surface area contributed by atoms with Gasteiger partial charge in [-0.1, -0.05) is 0 Å². The summed E-state index contributed by atoms with van der Waals surface area (Å²) in [6.07, 6.45) is 1.88. The molecule has 0 aromatic carbocycles. The third-order valence-electron chi connectivity index (χ3n) is 3.23. The summed E-state index contributed by atoms with van der Waals surface area (Å²) in [6, 6.07) is 1.31. The highest BCUT2D eigenvalue weighted by molar-refractivity contribution is 6.08. The average Bonchev–Trinajstić information content (AvgIpc) is 2.88. The number of fused-ring (bicyclic) bond motifs is 1. The Morgan fingerprint density at radius 1 is 1.41 bits per heavy atom. The first-order chi connectivity index (χ1) is 8.09. The zero-order chi connectivity index (χ0) is 12.2. The second-order valence-corrected chi connectivity index (χ2v) is 4.27. The number of hydrogen-bond acceptors (Lipinski definition) is 4. The first-order valence-electron chi connectivity index (χ1n) is 5.24. The van der Waals surface area contributed by atoms with Crippen molar-refractivity contribution in [3.63, 3.8) is 0 Å². The van der Waals surface area contributed by atoms with Gasteiger partial charge in [-0.15, -0.1) is 0 Å². The number of carboxylic acid groups (broad SMARTS) is 1. The summed E-state index contributed by atoms with van der Waals surface area (Å²) in [7, 11) is 0. The van der Waals surface area contributed by atoms with Crippen molar-refractivity contribution in [3.05, 3.63) is 23.7 Å². The number of rotatable bonds is 3. The summed E-state index contributed by atoms with van der Waals surface area (Å²) in [6.45, 7) is -0.0840. The fraction of sp³-hybridized carbons (Fsp3) is 0.364. The summed E-state index contributed by atoms with van der Waals surface area (Å²) in [5, 5.41) is 8.87. The van der Waals surface area contributed by atoms with Crippen molar-refractivity contribution in [2.24, 2.45) is 11.8 Å². The number of carbonyl (C=O) groups excluding carboxylic acids is 2. The van der Waals surface area contributed by atoms with E-state index in [0.29, 0.717) is 6.42 Å². The van der Waals surface area contributed by atoms with Crippen molar-refractivity contribution in [1.29, 1.82) is 0 Å². The Kier molecular flexibility index (Phi) is 1.89. The predicted octanol–water partition coefficient (Wildman–Crippen LogP) is 0.483. The van der Waals surface area contributed by atoms with E-state index in [1.807, 2.05) is 0 Å². The molecule has 6 heteroatoms. The van der Waals surface area contributed by atoms with Crippen molar-refractivity contribution >= 4 is 17.8 Å². The number of nitrogens with zero attached hydrogens (tertiary/aromatic N) is 1. The summed E-state index contributed by atoms with van der Waals surface area (Å²) in [4.78, 5) is 35.3. The lowest BCUT2D eigenvalue weighted by Crippen LogP contribution is -2.32. The molecule has 88 valence electrons. The van der Waals surface area contributed by atoms with Gasteiger partial charge in [0.25, 0.3) is 0 Å². The number of carbonyl (C=O) groups is 3. The van der Waals surface area contributed by atoms with Crippen LogP contribution in [-0.4, -0.2) is 27.8 Å². The second-order valence-electron chi connectivity index (χ2n) is 4.27. The molecule has 2 fully saturated rings. The minimum absolute atomic E-state index is 0.00817. The zero-order valence-corrected chi connectivity index (χ0v) is 8.75. The van der Waals surface area contributed by atoms with Gasteiger partial charge in [-0.25, -0.2) is 4.79 Å². The molecule has 2 amide bonds. The summed E-state index contributed by atoms with van der Waals surface area (Å²) >= 11 is 0. The van der Waals surface area contributed by atoms with Gasteiger partial charge >= 0.3 is 5.97 Å². The van der Waals surface area contributed by atoms with Crippen LogP contribution in [0, 0.1) is 11.8 Å². The molecule has 1 saturated heterocycles. The number of likely N-dealkylation sites (tertiary alicyclic amines) is 1. The Bertz CT molecular complexity index is 512. The van der Waals surface area contributed by atoms with Gasteiger partial charge < -0.3 is 9.52 Å². The summed E-state index contributed by atoms with van der Waals surface area (Å²) < 4.78 is 5.01. The van der Waals surface area contributed by atoms with Crippen molar-refractivity contribution in [3.8, 4) is 0 Å². The topological polar surface area (TPSA) is 87.8 Å². The van der Waals surface area contributed by atoms with Crippen LogP contribution in [0.3, 0.4) is 0 Å². The van der Waals surface area contributed by atoms with Crippen molar-refractivity contribution in [2.75, 3.05) is 0 Å². The normalized spacial score (nSPS) is 26.2. The molecule has 17 heavy (non-hydrogen) atoms. The van der Waals surface area contributed by atoms with E-state index in [-0.39, 0.29) is 41.5 Å². The summed E-state index contributed by atoms with van der Waals surface area (Å²) in [5.41, 5.74) is -0.00817. The molecule has 0 bridgehead atoms. The van der Waals surface area contributed by atoms with E-state index in [1.54, 1.807) is 0 Å². The molecule has 1 N–H and O–H groups in total. The number of furan rings is 1. The lowest BCUT2D eigenvalue weighted by molar-refractivity contribution is -0.142. The smallest absolute Gasteiger partial charge is 0.339 e. The fourth-order valence-electron chi connectivity index (χ4n) is 2.20. The van der Waals surface area contributed by atoms with Gasteiger partial charge in [0.2, 0.25) is 11.8 Å². The minimum atomic E-state index is -1.13. The lowest BCUT2D eigenvalue weighted by atomic mass is 10.2. The SMILES string of the molecule is O=C(O)c1ccoc1CN1C(=O)C2CC2C1=O. The van der Waals surface area contributed by atoms with Gasteiger partial charge in [0.1, 0.15) is 11.3 Å². The van der Waals surface area contributed by atoms with E-state index in [2.05, 4.69) is 0 Å². The van der Waals surface area contributed by atoms with Crippen LogP contribution in [0.2, 0.25) is 0 Å². The molecule has 0 spiro atoms. The van der Waals surface area contributed by atoms with Gasteiger partial charge in [-0.3, -0.25) is 14.5 Å². The van der Waals surface area contributed by atoms with Crippen LogP contribution in [0.15, 0.2) is 16.7 Å². The molecule has 2 heterocycles. The predicted molar refractivity (Wildman–Crippen MR) is 52.8 cm³/mol.